The lowest BCUT2D eigenvalue weighted by atomic mass is 9.96. The minimum absolute atomic E-state index is 0.624. The van der Waals surface area contributed by atoms with Crippen molar-refractivity contribution in [2.45, 2.75) is 12.5 Å². The Morgan fingerprint density at radius 3 is 3.00 bits per heavy atom. The van der Waals surface area contributed by atoms with Gasteiger partial charge in [0.25, 0.3) is 0 Å². The number of aryl methyl sites for hydroxylation is 1. The van der Waals surface area contributed by atoms with Gasteiger partial charge in [-0.3, -0.25) is 14.7 Å². The molecule has 1 aliphatic heterocycles. The summed E-state index contributed by atoms with van der Waals surface area (Å²) in [6, 6.07) is 2.06. The molecule has 0 saturated carbocycles. The lowest BCUT2D eigenvalue weighted by Gasteiger charge is -2.38. The van der Waals surface area contributed by atoms with Crippen molar-refractivity contribution >= 4 is 0 Å². The van der Waals surface area contributed by atoms with Crippen molar-refractivity contribution in [1.82, 2.24) is 24.9 Å². The molecule has 0 aromatic carbocycles. The van der Waals surface area contributed by atoms with Crippen LogP contribution in [0.4, 0.5) is 0 Å². The third kappa shape index (κ3) is 1.74. The Hall–Kier alpha value is -1.62. The zero-order chi connectivity index (χ0) is 11.0. The molecule has 0 amide bonds. The summed E-state index contributed by atoms with van der Waals surface area (Å²) in [6.45, 7) is 3.21. The molecule has 1 saturated heterocycles. The standard InChI is InChI=1S/C11H15N5/c1-15-5-9(4-13-15)6-16-7-10(8-16)11-2-3-12-14-11/h2-5,10H,6-8H2,1H3,(H,12,14). The maximum Gasteiger partial charge on any atom is 0.0534 e. The molecule has 84 valence electrons. The molecule has 1 fully saturated rings. The third-order valence-corrected chi connectivity index (χ3v) is 3.08. The summed E-state index contributed by atoms with van der Waals surface area (Å²) < 4.78 is 1.85. The van der Waals surface area contributed by atoms with Crippen molar-refractivity contribution in [1.29, 1.82) is 0 Å². The smallest absolute Gasteiger partial charge is 0.0534 e. The van der Waals surface area contributed by atoms with Crippen molar-refractivity contribution in [2.24, 2.45) is 7.05 Å². The number of rotatable bonds is 3. The van der Waals surface area contributed by atoms with Crippen molar-refractivity contribution in [2.75, 3.05) is 13.1 Å². The van der Waals surface area contributed by atoms with Crippen molar-refractivity contribution in [3.63, 3.8) is 0 Å². The molecule has 2 aromatic rings. The molecule has 0 bridgehead atoms. The highest BCUT2D eigenvalue weighted by atomic mass is 15.3. The van der Waals surface area contributed by atoms with Crippen LogP contribution in [-0.4, -0.2) is 38.0 Å². The molecule has 0 radical (unpaired) electrons. The van der Waals surface area contributed by atoms with Crippen LogP contribution in [0.25, 0.3) is 0 Å². The van der Waals surface area contributed by atoms with E-state index in [2.05, 4.69) is 32.5 Å². The van der Waals surface area contributed by atoms with Gasteiger partial charge in [0.1, 0.15) is 0 Å². The monoisotopic (exact) mass is 217 g/mol. The van der Waals surface area contributed by atoms with Gasteiger partial charge in [0.05, 0.1) is 6.20 Å². The molecule has 0 spiro atoms. The largest absolute Gasteiger partial charge is 0.298 e. The van der Waals surface area contributed by atoms with Crippen molar-refractivity contribution < 1.29 is 0 Å². The topological polar surface area (TPSA) is 49.7 Å². The Bertz CT molecular complexity index is 452. The van der Waals surface area contributed by atoms with Crippen LogP contribution < -0.4 is 0 Å². The summed E-state index contributed by atoms with van der Waals surface area (Å²) in [5.74, 6) is 0.624. The highest BCUT2D eigenvalue weighted by Crippen LogP contribution is 2.26. The summed E-state index contributed by atoms with van der Waals surface area (Å²) in [4.78, 5) is 2.42. The average molecular weight is 217 g/mol. The first-order chi connectivity index (χ1) is 7.81. The molecular weight excluding hydrogens is 202 g/mol. The van der Waals surface area contributed by atoms with Crippen molar-refractivity contribution in [3.05, 3.63) is 35.9 Å². The third-order valence-electron chi connectivity index (χ3n) is 3.08. The second-order valence-corrected chi connectivity index (χ2v) is 4.43. The van der Waals surface area contributed by atoms with E-state index in [1.165, 1.54) is 11.3 Å². The molecule has 16 heavy (non-hydrogen) atoms. The van der Waals surface area contributed by atoms with Crippen LogP contribution in [-0.2, 0) is 13.6 Å². The van der Waals surface area contributed by atoms with E-state index in [4.69, 9.17) is 0 Å². The molecular formula is C11H15N5. The summed E-state index contributed by atoms with van der Waals surface area (Å²) in [5, 5.41) is 11.2. The molecule has 0 unspecified atom stereocenters. The number of aromatic amines is 1. The fourth-order valence-corrected chi connectivity index (χ4v) is 2.20. The number of hydrogen-bond donors (Lipinski definition) is 1. The van der Waals surface area contributed by atoms with Gasteiger partial charge in [0, 0.05) is 56.3 Å². The molecule has 5 heteroatoms. The average Bonchev–Trinajstić information content (AvgIpc) is 2.82. The molecule has 0 aliphatic carbocycles. The zero-order valence-corrected chi connectivity index (χ0v) is 9.30. The van der Waals surface area contributed by atoms with Gasteiger partial charge in [0.15, 0.2) is 0 Å². The highest BCUT2D eigenvalue weighted by Gasteiger charge is 2.28. The number of nitrogens with one attached hydrogen (secondary N) is 1. The van der Waals surface area contributed by atoms with Crippen LogP contribution in [0, 0.1) is 0 Å². The molecule has 5 nitrogen and oxygen atoms in total. The highest BCUT2D eigenvalue weighted by molar-refractivity contribution is 5.13. The second kappa shape index (κ2) is 3.75. The lowest BCUT2D eigenvalue weighted by molar-refractivity contribution is 0.137. The van der Waals surface area contributed by atoms with Gasteiger partial charge in [0.2, 0.25) is 0 Å². The van der Waals surface area contributed by atoms with E-state index in [9.17, 15) is 0 Å². The minimum Gasteiger partial charge on any atom is -0.298 e. The number of H-pyrrole nitrogens is 1. The van der Waals surface area contributed by atoms with Gasteiger partial charge in [-0.25, -0.2) is 0 Å². The summed E-state index contributed by atoms with van der Waals surface area (Å²) in [5.41, 5.74) is 2.54. The maximum atomic E-state index is 4.17. The van der Waals surface area contributed by atoms with Crippen LogP contribution >= 0.6 is 0 Å². The normalized spacial score (nSPS) is 17.6. The van der Waals surface area contributed by atoms with Gasteiger partial charge >= 0.3 is 0 Å². The van der Waals surface area contributed by atoms with E-state index in [0.29, 0.717) is 5.92 Å². The molecule has 2 aromatic heterocycles. The van der Waals surface area contributed by atoms with E-state index in [1.807, 2.05) is 24.1 Å². The van der Waals surface area contributed by atoms with Crippen LogP contribution in [0.3, 0.4) is 0 Å². The zero-order valence-electron chi connectivity index (χ0n) is 9.30. The lowest BCUT2D eigenvalue weighted by Crippen LogP contribution is -2.44. The fourth-order valence-electron chi connectivity index (χ4n) is 2.20. The molecule has 3 rings (SSSR count). The Morgan fingerprint density at radius 2 is 2.38 bits per heavy atom. The van der Waals surface area contributed by atoms with Gasteiger partial charge in [-0.05, 0) is 6.07 Å². The van der Waals surface area contributed by atoms with Crippen LogP contribution in [0.1, 0.15) is 17.2 Å². The first-order valence-electron chi connectivity index (χ1n) is 5.50. The summed E-state index contributed by atoms with van der Waals surface area (Å²) in [7, 11) is 1.95. The Kier molecular flexibility index (Phi) is 2.25. The van der Waals surface area contributed by atoms with Crippen LogP contribution in [0.2, 0.25) is 0 Å². The van der Waals surface area contributed by atoms with E-state index < -0.39 is 0 Å². The van der Waals surface area contributed by atoms with Gasteiger partial charge < -0.3 is 0 Å². The number of likely N-dealkylation sites (tertiary alicyclic amines) is 1. The van der Waals surface area contributed by atoms with Gasteiger partial charge in [-0.2, -0.15) is 10.2 Å². The quantitative estimate of drug-likeness (QED) is 0.825. The molecule has 1 aliphatic rings. The maximum absolute atomic E-state index is 4.17. The number of hydrogen-bond acceptors (Lipinski definition) is 3. The van der Waals surface area contributed by atoms with E-state index in [1.54, 1.807) is 0 Å². The predicted octanol–water partition coefficient (Wildman–Crippen LogP) is 0.743. The van der Waals surface area contributed by atoms with E-state index in [-0.39, 0.29) is 0 Å². The van der Waals surface area contributed by atoms with Gasteiger partial charge in [-0.1, -0.05) is 0 Å². The van der Waals surface area contributed by atoms with Crippen LogP contribution in [0.15, 0.2) is 24.7 Å². The second-order valence-electron chi connectivity index (χ2n) is 4.43. The van der Waals surface area contributed by atoms with E-state index >= 15 is 0 Å². The Balaban J connectivity index is 1.54. The Labute approximate surface area is 94.1 Å². The summed E-state index contributed by atoms with van der Waals surface area (Å²) >= 11 is 0. The molecule has 0 atom stereocenters. The molecule has 3 heterocycles. The summed E-state index contributed by atoms with van der Waals surface area (Å²) in [6.07, 6.45) is 5.83. The van der Waals surface area contributed by atoms with Crippen molar-refractivity contribution in [3.8, 4) is 0 Å². The molecule has 1 N–H and O–H groups in total. The van der Waals surface area contributed by atoms with Gasteiger partial charge in [-0.15, -0.1) is 0 Å². The number of aromatic nitrogens is 4. The Morgan fingerprint density at radius 1 is 1.50 bits per heavy atom. The van der Waals surface area contributed by atoms with E-state index in [0.717, 1.165) is 19.6 Å². The number of nitrogens with zero attached hydrogens (tertiary/aromatic N) is 4. The predicted molar refractivity (Wildman–Crippen MR) is 59.8 cm³/mol. The van der Waals surface area contributed by atoms with Crippen LogP contribution in [0.5, 0.6) is 0 Å². The fraction of sp³-hybridized carbons (Fsp3) is 0.455. The first kappa shape index (κ1) is 9.59. The first-order valence-corrected chi connectivity index (χ1v) is 5.50. The SMILES string of the molecule is Cn1cc(CN2CC(c3ccn[nH]3)C2)cn1. The minimum atomic E-state index is 0.624.